The van der Waals surface area contributed by atoms with Crippen LogP contribution < -0.4 is 10.6 Å². The van der Waals surface area contributed by atoms with Crippen molar-refractivity contribution in [3.63, 3.8) is 0 Å². The molecule has 8 heteroatoms. The quantitative estimate of drug-likeness (QED) is 0.601. The number of aliphatic carboxylic acids is 1. The second kappa shape index (κ2) is 7.07. The second-order valence-electron chi connectivity index (χ2n) is 5.10. The molecule has 3 unspecified atom stereocenters. The molecule has 0 aliphatic heterocycles. The van der Waals surface area contributed by atoms with Crippen molar-refractivity contribution >= 4 is 12.0 Å². The molecule has 0 spiro atoms. The minimum Gasteiger partial charge on any atom is -0.480 e. The summed E-state index contributed by atoms with van der Waals surface area (Å²) in [5.74, 6) is -1.09. The summed E-state index contributed by atoms with van der Waals surface area (Å²) < 4.78 is 5.29. The molecule has 0 bridgehead atoms. The number of hydrogen-bond acceptors (Lipinski definition) is 4. The van der Waals surface area contributed by atoms with Crippen LogP contribution in [-0.2, 0) is 16.0 Å². The minimum absolute atomic E-state index is 0.00775. The molecule has 3 atom stereocenters. The number of rotatable bonds is 6. The number of carboxylic acid groups (broad SMARTS) is 1. The number of imidazole rings is 1. The lowest BCUT2D eigenvalue weighted by Crippen LogP contribution is -2.51. The van der Waals surface area contributed by atoms with Crippen molar-refractivity contribution in [2.75, 3.05) is 7.11 Å². The molecular formula is C13H20N4O4. The van der Waals surface area contributed by atoms with Gasteiger partial charge in [0.05, 0.1) is 18.5 Å². The third kappa shape index (κ3) is 4.19. The number of urea groups is 1. The van der Waals surface area contributed by atoms with Gasteiger partial charge < -0.3 is 25.5 Å². The Hall–Kier alpha value is -2.09. The first kappa shape index (κ1) is 15.3. The number of amides is 2. The predicted octanol–water partition coefficient (Wildman–Crippen LogP) is 0.272. The van der Waals surface area contributed by atoms with Crippen LogP contribution in [0.3, 0.4) is 0 Å². The van der Waals surface area contributed by atoms with Crippen LogP contribution in [0, 0.1) is 0 Å². The van der Waals surface area contributed by atoms with E-state index in [1.807, 2.05) is 0 Å². The summed E-state index contributed by atoms with van der Waals surface area (Å²) in [5, 5.41) is 14.4. The molecule has 1 heterocycles. The zero-order valence-corrected chi connectivity index (χ0v) is 11.8. The van der Waals surface area contributed by atoms with Gasteiger partial charge in [0.15, 0.2) is 0 Å². The van der Waals surface area contributed by atoms with E-state index >= 15 is 0 Å². The van der Waals surface area contributed by atoms with E-state index in [4.69, 9.17) is 4.74 Å². The van der Waals surface area contributed by atoms with Crippen molar-refractivity contribution in [2.45, 2.75) is 43.9 Å². The number of carbonyl (C=O) groups is 2. The molecule has 0 aromatic carbocycles. The number of ether oxygens (including phenoxy) is 1. The smallest absolute Gasteiger partial charge is 0.326 e. The first-order chi connectivity index (χ1) is 10.1. The first-order valence-electron chi connectivity index (χ1n) is 6.90. The van der Waals surface area contributed by atoms with Crippen LogP contribution in [0.4, 0.5) is 4.79 Å². The Labute approximate surface area is 122 Å². The maximum absolute atomic E-state index is 11.9. The Morgan fingerprint density at radius 3 is 3.00 bits per heavy atom. The normalized spacial score (nSPS) is 22.7. The Balaban J connectivity index is 1.87. The van der Waals surface area contributed by atoms with Gasteiger partial charge in [0.25, 0.3) is 0 Å². The van der Waals surface area contributed by atoms with Crippen LogP contribution in [0.25, 0.3) is 0 Å². The van der Waals surface area contributed by atoms with Crippen LogP contribution in [-0.4, -0.2) is 52.4 Å². The van der Waals surface area contributed by atoms with E-state index < -0.39 is 18.0 Å². The number of aromatic nitrogens is 2. The van der Waals surface area contributed by atoms with Gasteiger partial charge in [0.2, 0.25) is 0 Å². The van der Waals surface area contributed by atoms with Crippen molar-refractivity contribution in [1.29, 1.82) is 0 Å². The standard InChI is InChI=1S/C13H20N4O4/c1-21-11-4-2-3-9(11)16-13(20)17-10(12(18)19)5-8-6-14-7-15-8/h6-7,9-11H,2-5H2,1H3,(H,14,15)(H,18,19)(H2,16,17,20). The van der Waals surface area contributed by atoms with Crippen molar-refractivity contribution in [3.05, 3.63) is 18.2 Å². The van der Waals surface area contributed by atoms with Crippen LogP contribution in [0.15, 0.2) is 12.5 Å². The van der Waals surface area contributed by atoms with Crippen molar-refractivity contribution in [1.82, 2.24) is 20.6 Å². The largest absolute Gasteiger partial charge is 0.480 e. The SMILES string of the molecule is COC1CCCC1NC(=O)NC(Cc1cnc[nH]1)C(=O)O. The Morgan fingerprint density at radius 1 is 1.57 bits per heavy atom. The van der Waals surface area contributed by atoms with Gasteiger partial charge in [-0.15, -0.1) is 0 Å². The topological polar surface area (TPSA) is 116 Å². The van der Waals surface area contributed by atoms with E-state index in [2.05, 4.69) is 20.6 Å². The van der Waals surface area contributed by atoms with Gasteiger partial charge in [-0.3, -0.25) is 0 Å². The summed E-state index contributed by atoms with van der Waals surface area (Å²) in [7, 11) is 1.61. The van der Waals surface area contributed by atoms with Gasteiger partial charge in [0, 0.05) is 25.4 Å². The van der Waals surface area contributed by atoms with E-state index in [9.17, 15) is 14.7 Å². The average Bonchev–Trinajstić information content (AvgIpc) is 3.09. The van der Waals surface area contributed by atoms with Gasteiger partial charge in [-0.2, -0.15) is 0 Å². The van der Waals surface area contributed by atoms with Crippen LogP contribution >= 0.6 is 0 Å². The fourth-order valence-corrected chi connectivity index (χ4v) is 2.56. The molecule has 1 aromatic rings. The number of H-pyrrole nitrogens is 1. The van der Waals surface area contributed by atoms with E-state index in [-0.39, 0.29) is 18.6 Å². The molecule has 1 aromatic heterocycles. The molecule has 2 rings (SSSR count). The fourth-order valence-electron chi connectivity index (χ4n) is 2.56. The third-order valence-corrected chi connectivity index (χ3v) is 3.65. The summed E-state index contributed by atoms with van der Waals surface area (Å²) in [6.07, 6.45) is 5.87. The lowest BCUT2D eigenvalue weighted by Gasteiger charge is -2.21. The molecular weight excluding hydrogens is 276 g/mol. The number of methoxy groups -OCH3 is 1. The highest BCUT2D eigenvalue weighted by Crippen LogP contribution is 2.21. The number of carboxylic acids is 1. The monoisotopic (exact) mass is 296 g/mol. The number of aromatic amines is 1. The Morgan fingerprint density at radius 2 is 2.38 bits per heavy atom. The number of nitrogens with one attached hydrogen (secondary N) is 3. The predicted molar refractivity (Wildman–Crippen MR) is 73.8 cm³/mol. The summed E-state index contributed by atoms with van der Waals surface area (Å²) in [6, 6.07) is -1.57. The molecule has 1 aliphatic rings. The van der Waals surface area contributed by atoms with Gasteiger partial charge in [-0.05, 0) is 19.3 Å². The number of hydrogen-bond donors (Lipinski definition) is 4. The van der Waals surface area contributed by atoms with Gasteiger partial charge in [-0.25, -0.2) is 14.6 Å². The van der Waals surface area contributed by atoms with E-state index in [0.29, 0.717) is 5.69 Å². The zero-order chi connectivity index (χ0) is 15.2. The molecule has 0 saturated heterocycles. The molecule has 0 radical (unpaired) electrons. The molecule has 2 amide bonds. The van der Waals surface area contributed by atoms with Crippen molar-refractivity contribution in [3.8, 4) is 0 Å². The van der Waals surface area contributed by atoms with Crippen LogP contribution in [0.5, 0.6) is 0 Å². The van der Waals surface area contributed by atoms with Gasteiger partial charge >= 0.3 is 12.0 Å². The Kier molecular flexibility index (Phi) is 5.15. The number of nitrogens with zero attached hydrogens (tertiary/aromatic N) is 1. The summed E-state index contributed by atoms with van der Waals surface area (Å²) in [5.41, 5.74) is 0.651. The molecule has 8 nitrogen and oxygen atoms in total. The average molecular weight is 296 g/mol. The van der Waals surface area contributed by atoms with E-state index in [1.165, 1.54) is 12.5 Å². The third-order valence-electron chi connectivity index (χ3n) is 3.65. The van der Waals surface area contributed by atoms with Gasteiger partial charge in [0.1, 0.15) is 6.04 Å². The van der Waals surface area contributed by atoms with E-state index in [0.717, 1.165) is 19.3 Å². The maximum Gasteiger partial charge on any atom is 0.326 e. The molecule has 21 heavy (non-hydrogen) atoms. The Bertz CT molecular complexity index is 477. The van der Waals surface area contributed by atoms with Crippen molar-refractivity contribution < 1.29 is 19.4 Å². The maximum atomic E-state index is 11.9. The van der Waals surface area contributed by atoms with Crippen molar-refractivity contribution in [2.24, 2.45) is 0 Å². The van der Waals surface area contributed by atoms with Crippen LogP contribution in [0.1, 0.15) is 25.0 Å². The molecule has 1 saturated carbocycles. The highest BCUT2D eigenvalue weighted by Gasteiger charge is 2.29. The number of carbonyl (C=O) groups excluding carboxylic acids is 1. The van der Waals surface area contributed by atoms with Crippen LogP contribution in [0.2, 0.25) is 0 Å². The summed E-state index contributed by atoms with van der Waals surface area (Å²) in [6.45, 7) is 0. The summed E-state index contributed by atoms with van der Waals surface area (Å²) in [4.78, 5) is 29.8. The second-order valence-corrected chi connectivity index (χ2v) is 5.10. The highest BCUT2D eigenvalue weighted by atomic mass is 16.5. The molecule has 1 fully saturated rings. The fraction of sp³-hybridized carbons (Fsp3) is 0.615. The molecule has 1 aliphatic carbocycles. The van der Waals surface area contributed by atoms with Gasteiger partial charge in [-0.1, -0.05) is 0 Å². The lowest BCUT2D eigenvalue weighted by molar-refractivity contribution is -0.139. The first-order valence-corrected chi connectivity index (χ1v) is 6.90. The molecule has 116 valence electrons. The molecule has 4 N–H and O–H groups in total. The zero-order valence-electron chi connectivity index (χ0n) is 11.8. The minimum atomic E-state index is -1.09. The summed E-state index contributed by atoms with van der Waals surface area (Å²) >= 11 is 0. The highest BCUT2D eigenvalue weighted by molar-refractivity contribution is 5.82. The lowest BCUT2D eigenvalue weighted by atomic mass is 10.1. The van der Waals surface area contributed by atoms with E-state index in [1.54, 1.807) is 7.11 Å².